The second-order valence-electron chi connectivity index (χ2n) is 5.80. The zero-order valence-corrected chi connectivity index (χ0v) is 12.7. The molecule has 0 atom stereocenters. The molecule has 1 aliphatic heterocycles. The van der Waals surface area contributed by atoms with E-state index in [9.17, 15) is 4.79 Å². The maximum absolute atomic E-state index is 12.5. The minimum atomic E-state index is -0.194. The lowest BCUT2D eigenvalue weighted by Gasteiger charge is -2.33. The highest BCUT2D eigenvalue weighted by Gasteiger charge is 2.25. The molecule has 4 nitrogen and oxygen atoms in total. The number of pyridine rings is 1. The summed E-state index contributed by atoms with van der Waals surface area (Å²) < 4.78 is 0. The van der Waals surface area contributed by atoms with Gasteiger partial charge in [-0.2, -0.15) is 0 Å². The quantitative estimate of drug-likeness (QED) is 0.845. The number of hydrogen-bond donors (Lipinski definition) is 1. The number of carbonyl (C=O) groups excluding carboxylic acids is 1. The van der Waals surface area contributed by atoms with Crippen LogP contribution in [0.4, 0.5) is 0 Å². The molecule has 0 aliphatic carbocycles. The highest BCUT2D eigenvalue weighted by Crippen LogP contribution is 2.25. The number of likely N-dealkylation sites (tertiary alicyclic amines) is 1. The van der Waals surface area contributed by atoms with Gasteiger partial charge in [-0.05, 0) is 30.7 Å². The standard InChI is InChI=1S/C17H22N2O2/c1-13(2)15-5-7-19(8-6-15)17(21)16-10-14(4-3-9-20)11-18-12-16/h10-13,15,20H,5-9H2,1-2H3. The van der Waals surface area contributed by atoms with Crippen molar-refractivity contribution >= 4 is 5.91 Å². The summed E-state index contributed by atoms with van der Waals surface area (Å²) in [4.78, 5) is 18.5. The second-order valence-corrected chi connectivity index (χ2v) is 5.80. The number of hydrogen-bond acceptors (Lipinski definition) is 3. The highest BCUT2D eigenvalue weighted by atomic mass is 16.2. The molecule has 1 amide bonds. The monoisotopic (exact) mass is 286 g/mol. The van der Waals surface area contributed by atoms with E-state index in [1.807, 2.05) is 4.90 Å². The smallest absolute Gasteiger partial charge is 0.255 e. The van der Waals surface area contributed by atoms with E-state index in [1.165, 1.54) is 0 Å². The van der Waals surface area contributed by atoms with Crippen LogP contribution in [0.25, 0.3) is 0 Å². The predicted molar refractivity (Wildman–Crippen MR) is 81.7 cm³/mol. The van der Waals surface area contributed by atoms with E-state index in [0.717, 1.165) is 25.9 Å². The van der Waals surface area contributed by atoms with Gasteiger partial charge in [0.05, 0.1) is 5.56 Å². The van der Waals surface area contributed by atoms with Crippen LogP contribution in [0.1, 0.15) is 42.6 Å². The van der Waals surface area contributed by atoms with E-state index in [-0.39, 0.29) is 12.5 Å². The van der Waals surface area contributed by atoms with Crippen LogP contribution in [0.3, 0.4) is 0 Å². The molecule has 1 fully saturated rings. The summed E-state index contributed by atoms with van der Waals surface area (Å²) in [5.41, 5.74) is 1.23. The van der Waals surface area contributed by atoms with Gasteiger partial charge in [-0.3, -0.25) is 9.78 Å². The van der Waals surface area contributed by atoms with E-state index in [0.29, 0.717) is 23.0 Å². The summed E-state index contributed by atoms with van der Waals surface area (Å²) in [5, 5.41) is 8.71. The maximum atomic E-state index is 12.5. The maximum Gasteiger partial charge on any atom is 0.255 e. The Morgan fingerprint density at radius 2 is 2.14 bits per heavy atom. The molecule has 0 saturated carbocycles. The fraction of sp³-hybridized carbons (Fsp3) is 0.529. The average Bonchev–Trinajstić information content (AvgIpc) is 2.52. The first-order chi connectivity index (χ1) is 10.1. The minimum absolute atomic E-state index is 0.0253. The highest BCUT2D eigenvalue weighted by molar-refractivity contribution is 5.94. The summed E-state index contributed by atoms with van der Waals surface area (Å²) in [6, 6.07) is 1.74. The van der Waals surface area contributed by atoms with Crippen molar-refractivity contribution in [2.24, 2.45) is 11.8 Å². The van der Waals surface area contributed by atoms with Crippen LogP contribution in [0.2, 0.25) is 0 Å². The third kappa shape index (κ3) is 4.05. The fourth-order valence-electron chi connectivity index (χ4n) is 2.72. The van der Waals surface area contributed by atoms with E-state index < -0.39 is 0 Å². The number of aromatic nitrogens is 1. The van der Waals surface area contributed by atoms with E-state index in [2.05, 4.69) is 30.7 Å². The molecule has 4 heteroatoms. The molecule has 1 N–H and O–H groups in total. The molecule has 1 aromatic heterocycles. The number of amides is 1. The van der Waals surface area contributed by atoms with Crippen molar-refractivity contribution in [2.45, 2.75) is 26.7 Å². The van der Waals surface area contributed by atoms with Crippen LogP contribution in [0.5, 0.6) is 0 Å². The van der Waals surface area contributed by atoms with Gasteiger partial charge in [-0.1, -0.05) is 25.7 Å². The topological polar surface area (TPSA) is 53.4 Å². The summed E-state index contributed by atoms with van der Waals surface area (Å²) in [7, 11) is 0. The molecule has 112 valence electrons. The Bertz CT molecular complexity index is 549. The lowest BCUT2D eigenvalue weighted by atomic mass is 9.86. The molecule has 0 spiro atoms. The largest absolute Gasteiger partial charge is 0.384 e. The van der Waals surface area contributed by atoms with Crippen molar-refractivity contribution in [1.29, 1.82) is 0 Å². The molecular formula is C17H22N2O2. The zero-order valence-electron chi connectivity index (χ0n) is 12.7. The minimum Gasteiger partial charge on any atom is -0.384 e. The van der Waals surface area contributed by atoms with Gasteiger partial charge < -0.3 is 10.0 Å². The van der Waals surface area contributed by atoms with E-state index >= 15 is 0 Å². The van der Waals surface area contributed by atoms with Gasteiger partial charge in [0, 0.05) is 31.0 Å². The van der Waals surface area contributed by atoms with Crippen molar-refractivity contribution in [3.05, 3.63) is 29.6 Å². The van der Waals surface area contributed by atoms with Gasteiger partial charge in [-0.25, -0.2) is 0 Å². The van der Waals surface area contributed by atoms with Crippen LogP contribution in [-0.4, -0.2) is 40.6 Å². The Morgan fingerprint density at radius 1 is 1.43 bits per heavy atom. The normalized spacial score (nSPS) is 15.7. The van der Waals surface area contributed by atoms with Crippen LogP contribution in [-0.2, 0) is 0 Å². The van der Waals surface area contributed by atoms with E-state index in [4.69, 9.17) is 5.11 Å². The number of aliphatic hydroxyl groups is 1. The van der Waals surface area contributed by atoms with Gasteiger partial charge in [0.1, 0.15) is 6.61 Å². The first-order valence-electron chi connectivity index (χ1n) is 7.46. The predicted octanol–water partition coefficient (Wildman–Crippen LogP) is 1.93. The Morgan fingerprint density at radius 3 is 2.76 bits per heavy atom. The fourth-order valence-corrected chi connectivity index (χ4v) is 2.72. The first-order valence-corrected chi connectivity index (χ1v) is 7.46. The molecular weight excluding hydrogens is 264 g/mol. The number of nitrogens with zero attached hydrogens (tertiary/aromatic N) is 2. The van der Waals surface area contributed by atoms with Crippen LogP contribution in [0, 0.1) is 23.7 Å². The summed E-state index contributed by atoms with van der Waals surface area (Å²) in [5.74, 6) is 6.77. The molecule has 1 aromatic rings. The lowest BCUT2D eigenvalue weighted by Crippen LogP contribution is -2.39. The number of aliphatic hydroxyl groups excluding tert-OH is 1. The van der Waals surface area contributed by atoms with Gasteiger partial charge in [0.25, 0.3) is 5.91 Å². The SMILES string of the molecule is CC(C)C1CCN(C(=O)c2cncc(C#CCO)c2)CC1. The van der Waals surface area contributed by atoms with Crippen LogP contribution < -0.4 is 0 Å². The number of carbonyl (C=O) groups is 1. The van der Waals surface area contributed by atoms with Gasteiger partial charge in [0.2, 0.25) is 0 Å². The summed E-state index contributed by atoms with van der Waals surface area (Å²) in [6.07, 6.45) is 5.33. The zero-order chi connectivity index (χ0) is 15.2. The third-order valence-corrected chi connectivity index (χ3v) is 4.07. The molecule has 2 rings (SSSR count). The number of piperidine rings is 1. The Hall–Kier alpha value is -1.86. The van der Waals surface area contributed by atoms with Crippen molar-refractivity contribution in [1.82, 2.24) is 9.88 Å². The molecule has 0 aromatic carbocycles. The molecule has 0 bridgehead atoms. The first kappa shape index (κ1) is 15.5. The Labute approximate surface area is 126 Å². The van der Waals surface area contributed by atoms with Gasteiger partial charge in [0.15, 0.2) is 0 Å². The average molecular weight is 286 g/mol. The van der Waals surface area contributed by atoms with E-state index in [1.54, 1.807) is 18.5 Å². The van der Waals surface area contributed by atoms with Crippen molar-refractivity contribution in [3.63, 3.8) is 0 Å². The van der Waals surface area contributed by atoms with Gasteiger partial charge in [-0.15, -0.1) is 0 Å². The Kier molecular flexibility index (Phi) is 5.35. The van der Waals surface area contributed by atoms with Crippen molar-refractivity contribution in [3.8, 4) is 11.8 Å². The molecule has 1 saturated heterocycles. The molecule has 0 unspecified atom stereocenters. The second kappa shape index (κ2) is 7.24. The molecule has 2 heterocycles. The summed E-state index contributed by atoms with van der Waals surface area (Å²) in [6.45, 7) is 5.92. The lowest BCUT2D eigenvalue weighted by molar-refractivity contribution is 0.0667. The van der Waals surface area contributed by atoms with Crippen molar-refractivity contribution < 1.29 is 9.90 Å². The molecule has 21 heavy (non-hydrogen) atoms. The van der Waals surface area contributed by atoms with Gasteiger partial charge >= 0.3 is 0 Å². The third-order valence-electron chi connectivity index (χ3n) is 4.07. The van der Waals surface area contributed by atoms with Crippen molar-refractivity contribution in [2.75, 3.05) is 19.7 Å². The number of rotatable bonds is 2. The summed E-state index contributed by atoms with van der Waals surface area (Å²) >= 11 is 0. The van der Waals surface area contributed by atoms with Crippen LogP contribution in [0.15, 0.2) is 18.5 Å². The van der Waals surface area contributed by atoms with Crippen LogP contribution >= 0.6 is 0 Å². The molecule has 1 aliphatic rings. The Balaban J connectivity index is 2.04. The molecule has 0 radical (unpaired) electrons.